The number of hydrogen-bond acceptors (Lipinski definition) is 1. The van der Waals surface area contributed by atoms with Crippen LogP contribution in [-0.2, 0) is 6.42 Å². The van der Waals surface area contributed by atoms with Gasteiger partial charge in [0.05, 0.1) is 0 Å². The molecule has 1 unspecified atom stereocenters. The fraction of sp³-hybridized carbons (Fsp3) is 0.750. The Labute approximate surface area is 124 Å². The third kappa shape index (κ3) is 12.4. The molecule has 0 aliphatic carbocycles. The van der Waals surface area contributed by atoms with Gasteiger partial charge in [-0.15, -0.1) is 0 Å². The van der Waals surface area contributed by atoms with E-state index in [9.17, 15) is 0 Å². The van der Waals surface area contributed by atoms with Crippen molar-refractivity contribution in [1.82, 2.24) is 10.3 Å². The monoisotopic (exact) mass is 288 g/mol. The first-order chi connectivity index (χ1) is 8.59. The largest absolute Gasteiger partial charge is 0.362 e. The smallest absolute Gasteiger partial charge is 0.0175 e. The van der Waals surface area contributed by atoms with Crippen molar-refractivity contribution in [3.8, 4) is 0 Å². The minimum absolute atomic E-state index is 0. The molecule has 0 fully saturated rings. The van der Waals surface area contributed by atoms with Crippen LogP contribution in [0.4, 0.5) is 0 Å². The van der Waals surface area contributed by atoms with E-state index in [2.05, 4.69) is 50.1 Å². The molecule has 0 radical (unpaired) electrons. The maximum Gasteiger partial charge on any atom is 0.0175 e. The van der Waals surface area contributed by atoms with E-state index in [1.54, 1.807) is 0 Å². The summed E-state index contributed by atoms with van der Waals surface area (Å²) in [4.78, 5) is 3.45. The summed E-state index contributed by atoms with van der Waals surface area (Å²) in [5.41, 5.74) is 2.67. The van der Waals surface area contributed by atoms with E-state index in [-0.39, 0.29) is 9.90 Å². The van der Waals surface area contributed by atoms with Crippen molar-refractivity contribution < 1.29 is 0 Å². The maximum atomic E-state index is 3.45. The van der Waals surface area contributed by atoms with Gasteiger partial charge >= 0.3 is 0 Å². The van der Waals surface area contributed by atoms with Crippen LogP contribution in [0.3, 0.4) is 0 Å². The van der Waals surface area contributed by atoms with Crippen LogP contribution in [0.5, 0.6) is 0 Å². The van der Waals surface area contributed by atoms with E-state index in [1.165, 1.54) is 11.4 Å². The summed E-state index contributed by atoms with van der Waals surface area (Å²) < 4.78 is 0. The summed E-state index contributed by atoms with van der Waals surface area (Å²) in [6.07, 6.45) is 1.09. The molecular weight excluding hydrogens is 251 g/mol. The number of H-pyrrole nitrogens is 1. The topological polar surface area (TPSA) is 27.8 Å². The van der Waals surface area contributed by atoms with Gasteiger partial charge in [0.1, 0.15) is 0 Å². The molecule has 0 amide bonds. The summed E-state index contributed by atoms with van der Waals surface area (Å²) in [6, 6.07) is 4.96. The number of aromatic amines is 1. The van der Waals surface area contributed by atoms with Gasteiger partial charge in [0.25, 0.3) is 0 Å². The molecule has 0 saturated heterocycles. The number of hydrogen-bond donors (Lipinski definition) is 2. The Morgan fingerprint density at radius 3 is 1.89 bits per heavy atom. The minimum Gasteiger partial charge on any atom is -0.362 e. The van der Waals surface area contributed by atoms with Crippen LogP contribution in [0.1, 0.15) is 72.7 Å². The Morgan fingerprint density at radius 1 is 1.00 bits per heavy atom. The van der Waals surface area contributed by atoms with Crippen molar-refractivity contribution in [2.24, 2.45) is 0 Å². The first kappa shape index (κ1) is 23.7. The molecule has 0 saturated carbocycles. The molecule has 1 atom stereocenters. The van der Waals surface area contributed by atoms with E-state index in [1.807, 2.05) is 27.7 Å². The number of nitrogens with one attached hydrogen (secondary N) is 2. The molecule has 0 spiro atoms. The van der Waals surface area contributed by atoms with Crippen molar-refractivity contribution in [2.75, 3.05) is 6.54 Å². The fourth-order valence-corrected chi connectivity index (χ4v) is 1.44. The van der Waals surface area contributed by atoms with Crippen LogP contribution >= 0.6 is 9.90 Å². The van der Waals surface area contributed by atoms with Gasteiger partial charge in [0.2, 0.25) is 0 Å². The van der Waals surface area contributed by atoms with Crippen LogP contribution in [0, 0.1) is 0 Å². The summed E-state index contributed by atoms with van der Waals surface area (Å²) in [7, 11) is 0. The quantitative estimate of drug-likeness (QED) is 0.749. The van der Waals surface area contributed by atoms with Crippen molar-refractivity contribution in [1.29, 1.82) is 0 Å². The number of rotatable bonds is 5. The zero-order valence-corrected chi connectivity index (χ0v) is 15.8. The van der Waals surface area contributed by atoms with Crippen LogP contribution in [0.2, 0.25) is 0 Å². The molecule has 116 valence electrons. The van der Waals surface area contributed by atoms with Crippen molar-refractivity contribution in [3.63, 3.8) is 0 Å². The van der Waals surface area contributed by atoms with Crippen LogP contribution < -0.4 is 5.32 Å². The Balaban J connectivity index is -0.000000467. The van der Waals surface area contributed by atoms with Gasteiger partial charge in [-0.2, -0.15) is 9.90 Å². The third-order valence-electron chi connectivity index (χ3n) is 2.34. The predicted molar refractivity (Wildman–Crippen MR) is 95.5 cm³/mol. The summed E-state index contributed by atoms with van der Waals surface area (Å²) >= 11 is 0. The molecule has 0 aliphatic heterocycles. The van der Waals surface area contributed by atoms with Gasteiger partial charge in [0, 0.05) is 24.0 Å². The standard InChI is InChI=1S/C12H22N2.2C2H6.H3P/c1-9(2)12-6-5-11(14-12)7-8-13-10(3)4;2*1-2;/h5-6,9-10,13-14H,7-8H2,1-4H3;2*1-2H3;1H3. The SMILES string of the molecule is CC.CC.CC(C)NCCc1ccc(C(C)C)[nH]1.P. The molecule has 19 heavy (non-hydrogen) atoms. The van der Waals surface area contributed by atoms with E-state index >= 15 is 0 Å². The number of aromatic nitrogens is 1. The maximum absolute atomic E-state index is 3.45. The normalized spacial score (nSPS) is 9.16. The van der Waals surface area contributed by atoms with Gasteiger partial charge in [0.15, 0.2) is 0 Å². The Bertz CT molecular complexity index is 267. The average Bonchev–Trinajstić information content (AvgIpc) is 2.83. The van der Waals surface area contributed by atoms with E-state index in [4.69, 9.17) is 0 Å². The summed E-state index contributed by atoms with van der Waals surface area (Å²) in [6.45, 7) is 17.8. The first-order valence-electron chi connectivity index (χ1n) is 7.50. The van der Waals surface area contributed by atoms with Crippen molar-refractivity contribution in [2.45, 2.75) is 73.8 Å². The molecule has 2 nitrogen and oxygen atoms in total. The van der Waals surface area contributed by atoms with Crippen molar-refractivity contribution in [3.05, 3.63) is 23.5 Å². The zero-order chi connectivity index (χ0) is 14.6. The highest BCUT2D eigenvalue weighted by molar-refractivity contribution is 6.92. The fourth-order valence-electron chi connectivity index (χ4n) is 1.44. The predicted octanol–water partition coefficient (Wildman–Crippen LogP) is 4.79. The third-order valence-corrected chi connectivity index (χ3v) is 2.34. The highest BCUT2D eigenvalue weighted by Crippen LogP contribution is 2.13. The van der Waals surface area contributed by atoms with Gasteiger partial charge in [-0.05, 0) is 24.5 Å². The minimum atomic E-state index is 0. The summed E-state index contributed by atoms with van der Waals surface area (Å²) in [5.74, 6) is 0.599. The molecule has 3 heteroatoms. The van der Waals surface area contributed by atoms with Gasteiger partial charge in [-0.1, -0.05) is 55.4 Å². The van der Waals surface area contributed by atoms with Crippen LogP contribution in [0.15, 0.2) is 12.1 Å². The zero-order valence-electron chi connectivity index (χ0n) is 14.4. The Kier molecular flexibility index (Phi) is 19.6. The second-order valence-electron chi connectivity index (χ2n) is 4.45. The van der Waals surface area contributed by atoms with E-state index in [0.29, 0.717) is 12.0 Å². The van der Waals surface area contributed by atoms with E-state index < -0.39 is 0 Å². The van der Waals surface area contributed by atoms with Crippen LogP contribution in [-0.4, -0.2) is 17.6 Å². The molecule has 0 bridgehead atoms. The lowest BCUT2D eigenvalue weighted by Crippen LogP contribution is -2.25. The van der Waals surface area contributed by atoms with Gasteiger partial charge < -0.3 is 10.3 Å². The second kappa shape index (κ2) is 15.7. The van der Waals surface area contributed by atoms with Gasteiger partial charge in [-0.3, -0.25) is 0 Å². The van der Waals surface area contributed by atoms with Crippen molar-refractivity contribution >= 4 is 9.90 Å². The van der Waals surface area contributed by atoms with Crippen LogP contribution in [0.25, 0.3) is 0 Å². The molecule has 2 N–H and O–H groups in total. The molecule has 0 aromatic carbocycles. The lowest BCUT2D eigenvalue weighted by atomic mass is 10.1. The molecule has 1 heterocycles. The second-order valence-corrected chi connectivity index (χ2v) is 4.45. The highest BCUT2D eigenvalue weighted by atomic mass is 31.0. The molecule has 1 aromatic heterocycles. The first-order valence-corrected chi connectivity index (χ1v) is 7.50. The van der Waals surface area contributed by atoms with E-state index in [0.717, 1.165) is 13.0 Å². The summed E-state index contributed by atoms with van der Waals surface area (Å²) in [5, 5.41) is 3.41. The van der Waals surface area contributed by atoms with Gasteiger partial charge in [-0.25, -0.2) is 0 Å². The highest BCUT2D eigenvalue weighted by Gasteiger charge is 2.02. The molecule has 1 rings (SSSR count). The average molecular weight is 288 g/mol. The lowest BCUT2D eigenvalue weighted by Gasteiger charge is -2.06. The molecule has 0 aliphatic rings. The lowest BCUT2D eigenvalue weighted by molar-refractivity contribution is 0.587. The Hall–Kier alpha value is -0.330. The molecule has 1 aromatic rings. The molecular formula is C16H37N2P. The Morgan fingerprint density at radius 2 is 1.53 bits per heavy atom.